The van der Waals surface area contributed by atoms with Crippen LogP contribution in [0.2, 0.25) is 0 Å². The Morgan fingerprint density at radius 1 is 1.06 bits per heavy atom. The Labute approximate surface area is 103 Å². The molecule has 1 unspecified atom stereocenters. The second-order valence-electron chi connectivity index (χ2n) is 6.42. The second-order valence-corrected chi connectivity index (χ2v) is 6.42. The third kappa shape index (κ3) is 5.31. The van der Waals surface area contributed by atoms with Gasteiger partial charge in [-0.15, -0.1) is 0 Å². The van der Waals surface area contributed by atoms with Gasteiger partial charge >= 0.3 is 0 Å². The average molecular weight is 228 g/mol. The van der Waals surface area contributed by atoms with Crippen LogP contribution in [0.1, 0.15) is 48.5 Å². The van der Waals surface area contributed by atoms with E-state index in [2.05, 4.69) is 65.7 Å². The zero-order valence-corrected chi connectivity index (χ0v) is 12.6. The number of hydrogen-bond acceptors (Lipinski definition) is 2. The standard InChI is InChI=1S/C14H32N2/c1-11(2)9-16(12(3)4)10-14(6,7)13(5)15-8/h11-13,15H,9-10H2,1-8H3. The second kappa shape index (κ2) is 6.61. The fraction of sp³-hybridized carbons (Fsp3) is 1.00. The summed E-state index contributed by atoms with van der Waals surface area (Å²) < 4.78 is 0. The van der Waals surface area contributed by atoms with Gasteiger partial charge < -0.3 is 10.2 Å². The van der Waals surface area contributed by atoms with Gasteiger partial charge in [0.25, 0.3) is 0 Å². The van der Waals surface area contributed by atoms with Crippen molar-refractivity contribution in [2.45, 2.75) is 60.5 Å². The van der Waals surface area contributed by atoms with E-state index in [4.69, 9.17) is 0 Å². The highest BCUT2D eigenvalue weighted by atomic mass is 15.2. The van der Waals surface area contributed by atoms with E-state index in [-0.39, 0.29) is 0 Å². The predicted molar refractivity (Wildman–Crippen MR) is 73.8 cm³/mol. The Morgan fingerprint density at radius 3 is 1.88 bits per heavy atom. The molecule has 2 nitrogen and oxygen atoms in total. The lowest BCUT2D eigenvalue weighted by molar-refractivity contribution is 0.108. The summed E-state index contributed by atoms with van der Waals surface area (Å²) in [4.78, 5) is 2.60. The summed E-state index contributed by atoms with van der Waals surface area (Å²) in [5.74, 6) is 0.739. The Bertz CT molecular complexity index is 185. The van der Waals surface area contributed by atoms with Gasteiger partial charge in [-0.2, -0.15) is 0 Å². The van der Waals surface area contributed by atoms with Crippen LogP contribution in [0.4, 0.5) is 0 Å². The van der Waals surface area contributed by atoms with Gasteiger partial charge in [-0.3, -0.25) is 0 Å². The zero-order valence-electron chi connectivity index (χ0n) is 12.6. The maximum atomic E-state index is 3.38. The lowest BCUT2D eigenvalue weighted by atomic mass is 9.84. The van der Waals surface area contributed by atoms with Gasteiger partial charge in [0.2, 0.25) is 0 Å². The average Bonchev–Trinajstić information content (AvgIpc) is 2.14. The van der Waals surface area contributed by atoms with Crippen LogP contribution in [0.3, 0.4) is 0 Å². The van der Waals surface area contributed by atoms with Gasteiger partial charge in [-0.05, 0) is 39.2 Å². The van der Waals surface area contributed by atoms with E-state index in [1.54, 1.807) is 0 Å². The van der Waals surface area contributed by atoms with E-state index in [0.717, 1.165) is 12.5 Å². The van der Waals surface area contributed by atoms with Crippen LogP contribution in [0, 0.1) is 11.3 Å². The lowest BCUT2D eigenvalue weighted by Gasteiger charge is -2.39. The fourth-order valence-corrected chi connectivity index (χ4v) is 1.98. The van der Waals surface area contributed by atoms with E-state index in [0.29, 0.717) is 17.5 Å². The first-order chi connectivity index (χ1) is 7.20. The van der Waals surface area contributed by atoms with Crippen LogP contribution < -0.4 is 5.32 Å². The van der Waals surface area contributed by atoms with Crippen LogP contribution in [0.15, 0.2) is 0 Å². The van der Waals surface area contributed by atoms with Gasteiger partial charge in [-0.1, -0.05) is 27.7 Å². The molecule has 2 heteroatoms. The summed E-state index contributed by atoms with van der Waals surface area (Å²) in [5.41, 5.74) is 0.313. The molecule has 0 amide bonds. The van der Waals surface area contributed by atoms with E-state index in [9.17, 15) is 0 Å². The maximum Gasteiger partial charge on any atom is 0.00991 e. The number of rotatable bonds is 7. The number of nitrogens with zero attached hydrogens (tertiary/aromatic N) is 1. The fourth-order valence-electron chi connectivity index (χ4n) is 1.98. The molecule has 1 atom stereocenters. The molecule has 0 rings (SSSR count). The topological polar surface area (TPSA) is 15.3 Å². The Kier molecular flexibility index (Phi) is 6.57. The van der Waals surface area contributed by atoms with Gasteiger partial charge in [0.15, 0.2) is 0 Å². The van der Waals surface area contributed by atoms with Crippen molar-refractivity contribution >= 4 is 0 Å². The molecule has 0 heterocycles. The summed E-state index contributed by atoms with van der Waals surface area (Å²) in [6, 6.07) is 1.17. The van der Waals surface area contributed by atoms with E-state index >= 15 is 0 Å². The van der Waals surface area contributed by atoms with Gasteiger partial charge in [0, 0.05) is 25.2 Å². The van der Waals surface area contributed by atoms with Crippen molar-refractivity contribution in [1.82, 2.24) is 10.2 Å². The zero-order chi connectivity index (χ0) is 12.9. The quantitative estimate of drug-likeness (QED) is 0.720. The monoisotopic (exact) mass is 228 g/mol. The van der Waals surface area contributed by atoms with E-state index in [1.807, 2.05) is 0 Å². The molecule has 0 bridgehead atoms. The summed E-state index contributed by atoms with van der Waals surface area (Å²) in [5, 5.41) is 3.38. The van der Waals surface area contributed by atoms with Crippen LogP contribution in [0.5, 0.6) is 0 Å². The third-order valence-corrected chi connectivity index (χ3v) is 3.55. The molecule has 0 aliphatic heterocycles. The maximum absolute atomic E-state index is 3.38. The Balaban J connectivity index is 4.49. The first-order valence-electron chi connectivity index (χ1n) is 6.62. The lowest BCUT2D eigenvalue weighted by Crippen LogP contribution is -2.48. The van der Waals surface area contributed by atoms with Gasteiger partial charge in [0.1, 0.15) is 0 Å². The summed E-state index contributed by atoms with van der Waals surface area (Å²) in [6.45, 7) is 18.5. The minimum absolute atomic E-state index is 0.313. The summed E-state index contributed by atoms with van der Waals surface area (Å²) in [6.07, 6.45) is 0. The molecule has 0 aliphatic carbocycles. The van der Waals surface area contributed by atoms with Gasteiger partial charge in [-0.25, -0.2) is 0 Å². The van der Waals surface area contributed by atoms with Crippen molar-refractivity contribution in [3.63, 3.8) is 0 Å². The highest BCUT2D eigenvalue weighted by Gasteiger charge is 2.28. The summed E-state index contributed by atoms with van der Waals surface area (Å²) >= 11 is 0. The highest BCUT2D eigenvalue weighted by molar-refractivity contribution is 4.84. The minimum Gasteiger partial charge on any atom is -0.317 e. The molecular weight excluding hydrogens is 196 g/mol. The van der Waals surface area contributed by atoms with Crippen LogP contribution >= 0.6 is 0 Å². The van der Waals surface area contributed by atoms with Crippen LogP contribution in [-0.4, -0.2) is 37.1 Å². The first-order valence-corrected chi connectivity index (χ1v) is 6.62. The Morgan fingerprint density at radius 2 is 1.56 bits per heavy atom. The van der Waals surface area contributed by atoms with Crippen molar-refractivity contribution in [1.29, 1.82) is 0 Å². The SMILES string of the molecule is CNC(C)C(C)(C)CN(CC(C)C)C(C)C. The van der Waals surface area contributed by atoms with Crippen LogP contribution in [0.25, 0.3) is 0 Å². The number of hydrogen-bond donors (Lipinski definition) is 1. The van der Waals surface area contributed by atoms with Crippen molar-refractivity contribution in [3.05, 3.63) is 0 Å². The molecule has 16 heavy (non-hydrogen) atoms. The predicted octanol–water partition coefficient (Wildman–Crippen LogP) is 2.99. The molecule has 0 aliphatic rings. The molecule has 1 N–H and O–H groups in total. The normalized spacial score (nSPS) is 15.2. The van der Waals surface area contributed by atoms with Crippen molar-refractivity contribution < 1.29 is 0 Å². The Hall–Kier alpha value is -0.0800. The highest BCUT2D eigenvalue weighted by Crippen LogP contribution is 2.23. The van der Waals surface area contributed by atoms with E-state index < -0.39 is 0 Å². The smallest absolute Gasteiger partial charge is 0.00991 e. The first kappa shape index (κ1) is 15.9. The van der Waals surface area contributed by atoms with Crippen molar-refractivity contribution in [3.8, 4) is 0 Å². The van der Waals surface area contributed by atoms with Crippen molar-refractivity contribution in [2.24, 2.45) is 11.3 Å². The molecule has 0 spiro atoms. The number of nitrogens with one attached hydrogen (secondary N) is 1. The molecule has 0 aromatic rings. The molecule has 0 aromatic heterocycles. The molecule has 0 saturated carbocycles. The minimum atomic E-state index is 0.313. The molecule has 0 radical (unpaired) electrons. The largest absolute Gasteiger partial charge is 0.317 e. The van der Waals surface area contributed by atoms with E-state index in [1.165, 1.54) is 6.54 Å². The molecule has 0 saturated heterocycles. The van der Waals surface area contributed by atoms with Gasteiger partial charge in [0.05, 0.1) is 0 Å². The molecule has 0 aromatic carbocycles. The van der Waals surface area contributed by atoms with Crippen LogP contribution in [-0.2, 0) is 0 Å². The summed E-state index contributed by atoms with van der Waals surface area (Å²) in [7, 11) is 2.05. The molecule has 98 valence electrons. The third-order valence-electron chi connectivity index (χ3n) is 3.55. The molecule has 0 fully saturated rings. The molecular formula is C14H32N2. The van der Waals surface area contributed by atoms with Crippen molar-refractivity contribution in [2.75, 3.05) is 20.1 Å².